The first kappa shape index (κ1) is 12.6. The summed E-state index contributed by atoms with van der Waals surface area (Å²) in [5.74, 6) is -0.516. The highest BCUT2D eigenvalue weighted by Gasteiger charge is 2.40. The Kier molecular flexibility index (Phi) is 3.13. The number of nitrogens with two attached hydrogens (primary N) is 1. The zero-order valence-electron chi connectivity index (χ0n) is 10.2. The van der Waals surface area contributed by atoms with Gasteiger partial charge in [0.2, 0.25) is 0 Å². The average molecular weight is 252 g/mol. The summed E-state index contributed by atoms with van der Waals surface area (Å²) in [6.45, 7) is 2.13. The van der Waals surface area contributed by atoms with Gasteiger partial charge >= 0.3 is 0 Å². The molecule has 1 unspecified atom stereocenters. The van der Waals surface area contributed by atoms with Crippen molar-refractivity contribution in [1.29, 1.82) is 0 Å². The van der Waals surface area contributed by atoms with Gasteiger partial charge in [-0.1, -0.05) is 0 Å². The molecule has 98 valence electrons. The van der Waals surface area contributed by atoms with E-state index in [4.69, 9.17) is 10.2 Å². The Labute approximate surface area is 104 Å². The molecule has 0 aliphatic carbocycles. The van der Waals surface area contributed by atoms with E-state index in [0.29, 0.717) is 24.3 Å². The molecule has 1 aliphatic heterocycles. The molecule has 0 spiro atoms. The van der Waals surface area contributed by atoms with Crippen LogP contribution in [0.1, 0.15) is 29.0 Å². The molecule has 3 N–H and O–H groups in total. The van der Waals surface area contributed by atoms with Gasteiger partial charge < -0.3 is 20.2 Å². The van der Waals surface area contributed by atoms with Crippen molar-refractivity contribution >= 4 is 11.8 Å². The first-order valence-electron chi connectivity index (χ1n) is 5.80. The van der Waals surface area contributed by atoms with Crippen LogP contribution in [0.3, 0.4) is 0 Å². The Morgan fingerprint density at radius 2 is 2.28 bits per heavy atom. The Bertz CT molecular complexity index is 482. The van der Waals surface area contributed by atoms with Gasteiger partial charge in [0.1, 0.15) is 5.76 Å². The number of carbonyl (C=O) groups excluding carboxylic acids is 2. The van der Waals surface area contributed by atoms with E-state index in [1.165, 1.54) is 11.2 Å². The minimum absolute atomic E-state index is 0.0637. The van der Waals surface area contributed by atoms with Crippen LogP contribution in [-0.2, 0) is 4.79 Å². The molecule has 1 saturated heterocycles. The van der Waals surface area contributed by atoms with E-state index in [1.807, 2.05) is 0 Å². The van der Waals surface area contributed by atoms with Gasteiger partial charge in [-0.2, -0.15) is 0 Å². The zero-order chi connectivity index (χ0) is 13.3. The highest BCUT2D eigenvalue weighted by atomic mass is 16.3. The van der Waals surface area contributed by atoms with Crippen LogP contribution in [0.4, 0.5) is 0 Å². The number of aliphatic hydroxyl groups is 1. The fraction of sp³-hybridized carbons (Fsp3) is 0.500. The summed E-state index contributed by atoms with van der Waals surface area (Å²) >= 11 is 0. The molecule has 0 radical (unpaired) electrons. The van der Waals surface area contributed by atoms with Crippen molar-refractivity contribution < 1.29 is 19.1 Å². The van der Waals surface area contributed by atoms with E-state index in [9.17, 15) is 14.7 Å². The van der Waals surface area contributed by atoms with E-state index >= 15 is 0 Å². The molecule has 0 saturated carbocycles. The van der Waals surface area contributed by atoms with Crippen molar-refractivity contribution in [3.63, 3.8) is 0 Å². The molecule has 0 bridgehead atoms. The maximum atomic E-state index is 12.2. The molecule has 2 rings (SSSR count). The van der Waals surface area contributed by atoms with Crippen LogP contribution in [0.25, 0.3) is 0 Å². The number of hydrogen-bond donors (Lipinski definition) is 2. The van der Waals surface area contributed by atoms with Gasteiger partial charge in [0, 0.05) is 6.54 Å². The summed E-state index contributed by atoms with van der Waals surface area (Å²) in [4.78, 5) is 24.8. The van der Waals surface area contributed by atoms with Crippen LogP contribution >= 0.6 is 0 Å². The number of furan rings is 1. The third kappa shape index (κ3) is 2.11. The molecule has 1 fully saturated rings. The minimum atomic E-state index is -1.62. The van der Waals surface area contributed by atoms with Crippen LogP contribution in [-0.4, -0.2) is 40.5 Å². The third-order valence-corrected chi connectivity index (χ3v) is 3.31. The number of β-amino-alcohol motifs (C(OH)–C–C–N with tert-alkyl or cyclic N) is 1. The van der Waals surface area contributed by atoms with E-state index in [2.05, 4.69) is 0 Å². The van der Waals surface area contributed by atoms with Gasteiger partial charge in [-0.15, -0.1) is 0 Å². The van der Waals surface area contributed by atoms with Crippen molar-refractivity contribution in [2.45, 2.75) is 25.4 Å². The van der Waals surface area contributed by atoms with Crippen LogP contribution < -0.4 is 5.73 Å². The highest BCUT2D eigenvalue weighted by Crippen LogP contribution is 2.23. The smallest absolute Gasteiger partial charge is 0.257 e. The second-order valence-corrected chi connectivity index (χ2v) is 4.62. The van der Waals surface area contributed by atoms with Crippen molar-refractivity contribution in [1.82, 2.24) is 4.90 Å². The number of rotatable bonds is 2. The number of amides is 2. The molecule has 1 aromatic rings. The number of primary amides is 1. The second kappa shape index (κ2) is 4.45. The standard InChI is InChI=1S/C12H16N2O4/c1-8-9(3-6-18-8)10(15)14-5-2-4-12(17,7-14)11(13)16/h3,6,17H,2,4-5,7H2,1H3,(H2,13,16). The predicted molar refractivity (Wildman–Crippen MR) is 62.7 cm³/mol. The SMILES string of the molecule is Cc1occc1C(=O)N1CCCC(O)(C(N)=O)C1. The van der Waals surface area contributed by atoms with E-state index in [1.54, 1.807) is 13.0 Å². The third-order valence-electron chi connectivity index (χ3n) is 3.31. The first-order chi connectivity index (χ1) is 8.44. The lowest BCUT2D eigenvalue weighted by atomic mass is 9.92. The number of likely N-dealkylation sites (tertiary alicyclic amines) is 1. The summed E-state index contributed by atoms with van der Waals surface area (Å²) in [5.41, 5.74) is 4.00. The van der Waals surface area contributed by atoms with Crippen LogP contribution in [0.2, 0.25) is 0 Å². The Morgan fingerprint density at radius 1 is 1.56 bits per heavy atom. The normalized spacial score (nSPS) is 24.0. The lowest BCUT2D eigenvalue weighted by molar-refractivity contribution is -0.140. The molecule has 6 heteroatoms. The molecule has 1 aromatic heterocycles. The van der Waals surface area contributed by atoms with E-state index in [-0.39, 0.29) is 18.9 Å². The molecule has 6 nitrogen and oxygen atoms in total. The molecule has 1 aliphatic rings. The van der Waals surface area contributed by atoms with Crippen LogP contribution in [0.5, 0.6) is 0 Å². The summed E-state index contributed by atoms with van der Waals surface area (Å²) in [6.07, 6.45) is 2.27. The summed E-state index contributed by atoms with van der Waals surface area (Å²) in [5, 5.41) is 10.0. The lowest BCUT2D eigenvalue weighted by Gasteiger charge is -2.36. The average Bonchev–Trinajstić information content (AvgIpc) is 2.74. The number of nitrogens with zero attached hydrogens (tertiary/aromatic N) is 1. The monoisotopic (exact) mass is 252 g/mol. The molecule has 2 heterocycles. The van der Waals surface area contributed by atoms with Gasteiger partial charge in [-0.3, -0.25) is 9.59 Å². The van der Waals surface area contributed by atoms with Crippen LogP contribution in [0, 0.1) is 6.92 Å². The van der Waals surface area contributed by atoms with Gasteiger partial charge in [0.05, 0.1) is 18.4 Å². The maximum absolute atomic E-state index is 12.2. The Balaban J connectivity index is 2.17. The lowest BCUT2D eigenvalue weighted by Crippen LogP contribution is -2.57. The number of hydrogen-bond acceptors (Lipinski definition) is 4. The molecule has 2 amide bonds. The summed E-state index contributed by atoms with van der Waals surface area (Å²) in [7, 11) is 0. The van der Waals surface area contributed by atoms with Gasteiger partial charge in [0.15, 0.2) is 5.60 Å². The maximum Gasteiger partial charge on any atom is 0.257 e. The fourth-order valence-electron chi connectivity index (χ4n) is 2.19. The Morgan fingerprint density at radius 3 is 2.83 bits per heavy atom. The van der Waals surface area contributed by atoms with Crippen molar-refractivity contribution in [3.8, 4) is 0 Å². The second-order valence-electron chi connectivity index (χ2n) is 4.62. The van der Waals surface area contributed by atoms with Gasteiger partial charge in [0.25, 0.3) is 11.8 Å². The van der Waals surface area contributed by atoms with E-state index < -0.39 is 11.5 Å². The summed E-state index contributed by atoms with van der Waals surface area (Å²) in [6, 6.07) is 1.58. The van der Waals surface area contributed by atoms with Crippen molar-refractivity contribution in [2.75, 3.05) is 13.1 Å². The van der Waals surface area contributed by atoms with Gasteiger partial charge in [-0.05, 0) is 25.8 Å². The number of carbonyl (C=O) groups is 2. The Hall–Kier alpha value is -1.82. The number of aryl methyl sites for hydroxylation is 1. The molecule has 18 heavy (non-hydrogen) atoms. The van der Waals surface area contributed by atoms with E-state index in [0.717, 1.165) is 0 Å². The minimum Gasteiger partial charge on any atom is -0.469 e. The topological polar surface area (TPSA) is 96.8 Å². The van der Waals surface area contributed by atoms with Crippen molar-refractivity contribution in [2.24, 2.45) is 5.73 Å². The fourth-order valence-corrected chi connectivity index (χ4v) is 2.19. The molecule has 1 atom stereocenters. The zero-order valence-corrected chi connectivity index (χ0v) is 10.2. The largest absolute Gasteiger partial charge is 0.469 e. The highest BCUT2D eigenvalue weighted by molar-refractivity contribution is 5.96. The quantitative estimate of drug-likeness (QED) is 0.776. The number of piperidine rings is 1. The summed E-state index contributed by atoms with van der Waals surface area (Å²) < 4.78 is 5.07. The van der Waals surface area contributed by atoms with Crippen LogP contribution in [0.15, 0.2) is 16.7 Å². The molecular weight excluding hydrogens is 236 g/mol. The predicted octanol–water partition coefficient (Wildman–Crippen LogP) is 0.0404. The first-order valence-corrected chi connectivity index (χ1v) is 5.80. The van der Waals surface area contributed by atoms with Gasteiger partial charge in [-0.25, -0.2) is 0 Å². The van der Waals surface area contributed by atoms with Crippen molar-refractivity contribution in [3.05, 3.63) is 23.7 Å². The molecule has 0 aromatic carbocycles. The molecular formula is C12H16N2O4.